The van der Waals surface area contributed by atoms with Crippen molar-refractivity contribution < 1.29 is 24.0 Å². The third kappa shape index (κ3) is 8.67. The number of carbonyl (C=O) groups excluding carboxylic acids is 3. The maximum absolute atomic E-state index is 13.6. The first kappa shape index (κ1) is 32.1. The zero-order valence-corrected chi connectivity index (χ0v) is 26.2. The highest BCUT2D eigenvalue weighted by Crippen LogP contribution is 2.33. The Kier molecular flexibility index (Phi) is 11.5. The van der Waals surface area contributed by atoms with Gasteiger partial charge in [0.05, 0.1) is 18.0 Å². The molecule has 45 heavy (non-hydrogen) atoms. The number of hydrogen-bond donors (Lipinski definition) is 1. The smallest absolute Gasteiger partial charge is 0.305 e. The zero-order valence-electron chi connectivity index (χ0n) is 25.3. The van der Waals surface area contributed by atoms with Gasteiger partial charge >= 0.3 is 5.97 Å². The zero-order chi connectivity index (χ0) is 31.4. The quantitative estimate of drug-likeness (QED) is 0.138. The van der Waals surface area contributed by atoms with Gasteiger partial charge in [0.1, 0.15) is 12.3 Å². The predicted octanol–water partition coefficient (Wildman–Crippen LogP) is 3.67. The van der Waals surface area contributed by atoms with Gasteiger partial charge in [-0.2, -0.15) is 0 Å². The maximum atomic E-state index is 13.6. The molecule has 236 valence electrons. The molecule has 2 aliphatic rings. The fraction of sp³-hybridized carbons (Fsp3) is 0.394. The molecule has 0 saturated carbocycles. The lowest BCUT2D eigenvalue weighted by molar-refractivity contribution is -0.143. The first-order chi connectivity index (χ1) is 22.0. The fourth-order valence-corrected chi connectivity index (χ4v) is 6.44. The van der Waals surface area contributed by atoms with E-state index in [1.807, 2.05) is 53.6 Å². The highest BCUT2D eigenvalue weighted by atomic mass is 32.2. The van der Waals surface area contributed by atoms with Crippen molar-refractivity contribution >= 4 is 35.3 Å². The number of hydrogen-bond acceptors (Lipinski definition) is 10. The Hall–Kier alpha value is -4.29. The number of unbranched alkanes of at least 4 members (excludes halogenated alkanes) is 1. The lowest BCUT2D eigenvalue weighted by Gasteiger charge is -2.36. The minimum absolute atomic E-state index is 0.0459. The molecule has 1 aromatic carbocycles. The van der Waals surface area contributed by atoms with Crippen molar-refractivity contribution in [2.45, 2.75) is 37.6 Å². The molecule has 0 radical (unpaired) electrons. The topological polar surface area (TPSA) is 126 Å². The van der Waals surface area contributed by atoms with Gasteiger partial charge in [-0.05, 0) is 55.7 Å². The van der Waals surface area contributed by atoms with Crippen LogP contribution in [-0.2, 0) is 19.2 Å². The van der Waals surface area contributed by atoms with Crippen molar-refractivity contribution in [1.82, 2.24) is 25.1 Å². The van der Waals surface area contributed by atoms with E-state index in [9.17, 15) is 14.4 Å². The maximum Gasteiger partial charge on any atom is 0.305 e. The summed E-state index contributed by atoms with van der Waals surface area (Å²) in [5.41, 5.74) is 3.63. The number of ether oxygens (including phenoxy) is 1. The Morgan fingerprint density at radius 3 is 2.40 bits per heavy atom. The van der Waals surface area contributed by atoms with Crippen molar-refractivity contribution in [3.05, 3.63) is 95.6 Å². The predicted molar refractivity (Wildman–Crippen MR) is 172 cm³/mol. The first-order valence-corrected chi connectivity index (χ1v) is 16.3. The molecule has 3 aromatic rings. The Balaban J connectivity index is 1.17. The summed E-state index contributed by atoms with van der Waals surface area (Å²) in [5.74, 6) is 0.454. The van der Waals surface area contributed by atoms with Crippen LogP contribution in [0, 0.1) is 0 Å². The minimum Gasteiger partial charge on any atom is -0.466 e. The Labute approximate surface area is 267 Å². The lowest BCUT2D eigenvalue weighted by atomic mass is 10.0. The molecule has 1 N–H and O–H groups in total. The Bertz CT molecular complexity index is 1470. The molecule has 2 aliphatic heterocycles. The molecular weight excluding hydrogens is 592 g/mol. The van der Waals surface area contributed by atoms with E-state index in [-0.39, 0.29) is 29.2 Å². The van der Waals surface area contributed by atoms with E-state index >= 15 is 0 Å². The van der Waals surface area contributed by atoms with Crippen molar-refractivity contribution in [2.24, 2.45) is 5.16 Å². The molecule has 2 saturated heterocycles. The number of carbonyl (C=O) groups is 3. The number of pyridine rings is 2. The van der Waals surface area contributed by atoms with E-state index < -0.39 is 0 Å². The standard InChI is InChI=1S/C33H38N6O5S/c1-2-43-29(40)12-3-4-19-44-37-30(26-10-6-13-34-21-26)24-8-5-9-25(20-24)32(41)38-15-17-39(18-16-38)33(42)28-23-45-31(36-28)27-11-7-14-35-22-27/h5-11,13-14,20-22,28,31,36H,2-4,12,15-19,23H2,1H3/b37-30+. The van der Waals surface area contributed by atoms with Crippen LogP contribution in [0.25, 0.3) is 0 Å². The van der Waals surface area contributed by atoms with E-state index in [1.54, 1.807) is 48.2 Å². The van der Waals surface area contributed by atoms with E-state index in [2.05, 4.69) is 20.4 Å². The second-order valence-corrected chi connectivity index (χ2v) is 11.8. The number of rotatable bonds is 12. The first-order valence-electron chi connectivity index (χ1n) is 15.3. The van der Waals surface area contributed by atoms with Crippen LogP contribution in [-0.4, -0.2) is 94.5 Å². The van der Waals surface area contributed by atoms with Crippen LogP contribution in [0.3, 0.4) is 0 Å². The molecular formula is C33H38N6O5S. The number of oxime groups is 1. The van der Waals surface area contributed by atoms with E-state index in [0.717, 1.165) is 16.7 Å². The van der Waals surface area contributed by atoms with Gasteiger partial charge in [-0.15, -0.1) is 11.8 Å². The fourth-order valence-electron chi connectivity index (χ4n) is 5.22. The van der Waals surface area contributed by atoms with Crippen molar-refractivity contribution in [3.8, 4) is 0 Å². The molecule has 11 nitrogen and oxygen atoms in total. The number of nitrogens with zero attached hydrogens (tertiary/aromatic N) is 5. The van der Waals surface area contributed by atoms with Crippen LogP contribution in [0.15, 0.2) is 78.5 Å². The summed E-state index contributed by atoms with van der Waals surface area (Å²) in [6.45, 7) is 4.38. The van der Waals surface area contributed by atoms with E-state index in [4.69, 9.17) is 9.57 Å². The van der Waals surface area contributed by atoms with Gasteiger partial charge in [-0.1, -0.05) is 23.4 Å². The number of thioether (sulfide) groups is 1. The van der Waals surface area contributed by atoms with Gasteiger partial charge in [0.15, 0.2) is 0 Å². The molecule has 4 heterocycles. The molecule has 2 atom stereocenters. The lowest BCUT2D eigenvalue weighted by Crippen LogP contribution is -2.54. The Morgan fingerprint density at radius 2 is 1.67 bits per heavy atom. The summed E-state index contributed by atoms with van der Waals surface area (Å²) in [4.78, 5) is 56.1. The molecule has 2 unspecified atom stereocenters. The van der Waals surface area contributed by atoms with Gasteiger partial charge < -0.3 is 19.4 Å². The van der Waals surface area contributed by atoms with Crippen molar-refractivity contribution in [2.75, 3.05) is 45.1 Å². The van der Waals surface area contributed by atoms with Crippen LogP contribution < -0.4 is 5.32 Å². The number of piperazine rings is 1. The molecule has 5 rings (SSSR count). The number of nitrogens with one attached hydrogen (secondary N) is 1. The largest absolute Gasteiger partial charge is 0.466 e. The van der Waals surface area contributed by atoms with Crippen LogP contribution in [0.5, 0.6) is 0 Å². The Morgan fingerprint density at radius 1 is 0.933 bits per heavy atom. The van der Waals surface area contributed by atoms with Gasteiger partial charge in [0.2, 0.25) is 5.91 Å². The molecule has 2 fully saturated rings. The third-order valence-electron chi connectivity index (χ3n) is 7.59. The van der Waals surface area contributed by atoms with E-state index in [1.165, 1.54) is 0 Å². The van der Waals surface area contributed by atoms with Gasteiger partial charge in [0.25, 0.3) is 5.91 Å². The summed E-state index contributed by atoms with van der Waals surface area (Å²) in [6.07, 6.45) is 8.58. The van der Waals surface area contributed by atoms with Crippen molar-refractivity contribution in [1.29, 1.82) is 0 Å². The molecule has 0 spiro atoms. The van der Waals surface area contributed by atoms with Crippen molar-refractivity contribution in [3.63, 3.8) is 0 Å². The van der Waals surface area contributed by atoms with Crippen LogP contribution >= 0.6 is 11.8 Å². The number of esters is 1. The van der Waals surface area contributed by atoms with E-state index in [0.29, 0.717) is 75.7 Å². The summed E-state index contributed by atoms with van der Waals surface area (Å²) in [5, 5.41) is 7.88. The summed E-state index contributed by atoms with van der Waals surface area (Å²) >= 11 is 1.71. The second kappa shape index (κ2) is 16.1. The SMILES string of the molecule is CCOC(=O)CCCCO/N=C(/c1cccnc1)c1cccc(C(=O)N2CCN(C(=O)C3CSC(c4cccnc4)N3)CC2)c1. The van der Waals surface area contributed by atoms with Crippen LogP contribution in [0.4, 0.5) is 0 Å². The highest BCUT2D eigenvalue weighted by Gasteiger charge is 2.35. The number of amides is 2. The molecule has 0 aliphatic carbocycles. The summed E-state index contributed by atoms with van der Waals surface area (Å²) in [7, 11) is 0. The van der Waals surface area contributed by atoms with Gasteiger partial charge in [0, 0.05) is 79.8 Å². The van der Waals surface area contributed by atoms with Crippen LogP contribution in [0.1, 0.15) is 58.6 Å². The molecule has 2 amide bonds. The summed E-state index contributed by atoms with van der Waals surface area (Å²) < 4.78 is 4.96. The number of aromatic nitrogens is 2. The van der Waals surface area contributed by atoms with Gasteiger partial charge in [-0.25, -0.2) is 0 Å². The van der Waals surface area contributed by atoms with Crippen LogP contribution in [0.2, 0.25) is 0 Å². The monoisotopic (exact) mass is 630 g/mol. The van der Waals surface area contributed by atoms with Gasteiger partial charge in [-0.3, -0.25) is 29.7 Å². The molecule has 12 heteroatoms. The third-order valence-corrected chi connectivity index (χ3v) is 8.86. The minimum atomic E-state index is -0.260. The summed E-state index contributed by atoms with van der Waals surface area (Å²) in [6, 6.07) is 14.7. The number of benzene rings is 1. The highest BCUT2D eigenvalue weighted by molar-refractivity contribution is 7.99. The average molecular weight is 631 g/mol. The average Bonchev–Trinajstić information content (AvgIpc) is 3.59. The molecule has 2 aromatic heterocycles. The second-order valence-electron chi connectivity index (χ2n) is 10.7. The normalized spacial score (nSPS) is 18.5. The molecule has 0 bridgehead atoms.